The van der Waals surface area contributed by atoms with Gasteiger partial charge in [0.15, 0.2) is 0 Å². The maximum Gasteiger partial charge on any atom is 0.340 e. The predicted molar refractivity (Wildman–Crippen MR) is 133 cm³/mol. The van der Waals surface area contributed by atoms with Crippen molar-refractivity contribution in [2.75, 3.05) is 21.0 Å². The van der Waals surface area contributed by atoms with E-state index in [4.69, 9.17) is 18.9 Å². The van der Waals surface area contributed by atoms with E-state index in [0.29, 0.717) is 11.1 Å². The topological polar surface area (TPSA) is 71.1 Å². The summed E-state index contributed by atoms with van der Waals surface area (Å²) in [6.45, 7) is -0.474. The highest BCUT2D eigenvalue weighted by Crippen LogP contribution is 2.24. The second kappa shape index (κ2) is 11.0. The lowest BCUT2D eigenvalue weighted by Gasteiger charge is -2.08. The zero-order valence-electron chi connectivity index (χ0n) is 19.4. The Morgan fingerprint density at radius 2 is 0.771 bits per heavy atom. The SMILES string of the molecule is COc1ccc(-c2ccc(C(=O)OCOC(=O)c3ccc(-c4ccc(OC)cc4)cc3)cc2)cc1. The molecule has 0 N–H and O–H groups in total. The van der Waals surface area contributed by atoms with Gasteiger partial charge in [-0.1, -0.05) is 48.5 Å². The number of hydrogen-bond donors (Lipinski definition) is 0. The maximum absolute atomic E-state index is 12.3. The molecule has 6 nitrogen and oxygen atoms in total. The largest absolute Gasteiger partial charge is 0.497 e. The first kappa shape index (κ1) is 23.6. The van der Waals surface area contributed by atoms with E-state index in [1.54, 1.807) is 38.5 Å². The van der Waals surface area contributed by atoms with Crippen LogP contribution in [0.5, 0.6) is 11.5 Å². The molecule has 0 aliphatic rings. The summed E-state index contributed by atoms with van der Waals surface area (Å²) in [6.07, 6.45) is 0. The van der Waals surface area contributed by atoms with Gasteiger partial charge in [0.1, 0.15) is 11.5 Å². The molecule has 6 heteroatoms. The van der Waals surface area contributed by atoms with Gasteiger partial charge in [-0.25, -0.2) is 9.59 Å². The molecule has 0 heterocycles. The Bertz CT molecular complexity index is 1170. The first-order valence-corrected chi connectivity index (χ1v) is 10.9. The van der Waals surface area contributed by atoms with Crippen LogP contribution in [0.15, 0.2) is 97.1 Å². The van der Waals surface area contributed by atoms with Crippen molar-refractivity contribution in [2.24, 2.45) is 0 Å². The van der Waals surface area contributed by atoms with Crippen LogP contribution in [0.25, 0.3) is 22.3 Å². The Hall–Kier alpha value is -4.58. The molecule has 0 fully saturated rings. The smallest absolute Gasteiger partial charge is 0.340 e. The van der Waals surface area contributed by atoms with E-state index in [1.807, 2.05) is 72.8 Å². The minimum atomic E-state index is -0.575. The van der Waals surface area contributed by atoms with Gasteiger partial charge in [0.05, 0.1) is 25.3 Å². The highest BCUT2D eigenvalue weighted by Gasteiger charge is 2.11. The number of hydrogen-bond acceptors (Lipinski definition) is 6. The molecule has 0 radical (unpaired) electrons. The molecule has 0 saturated carbocycles. The molecule has 35 heavy (non-hydrogen) atoms. The van der Waals surface area contributed by atoms with Gasteiger partial charge in [-0.05, 0) is 70.8 Å². The number of methoxy groups -OCH3 is 2. The molecule has 0 bridgehead atoms. The monoisotopic (exact) mass is 468 g/mol. The summed E-state index contributed by atoms with van der Waals surface area (Å²) in [4.78, 5) is 24.6. The van der Waals surface area contributed by atoms with Gasteiger partial charge in [-0.3, -0.25) is 0 Å². The molecule has 0 aromatic heterocycles. The van der Waals surface area contributed by atoms with Crippen LogP contribution in [0.1, 0.15) is 20.7 Å². The normalized spacial score (nSPS) is 10.3. The van der Waals surface area contributed by atoms with Gasteiger partial charge in [-0.15, -0.1) is 0 Å². The molecule has 0 aliphatic carbocycles. The third-order valence-corrected chi connectivity index (χ3v) is 5.47. The lowest BCUT2D eigenvalue weighted by atomic mass is 10.0. The van der Waals surface area contributed by atoms with Crippen LogP contribution in [-0.4, -0.2) is 33.0 Å². The van der Waals surface area contributed by atoms with Crippen molar-refractivity contribution >= 4 is 11.9 Å². The van der Waals surface area contributed by atoms with Gasteiger partial charge < -0.3 is 18.9 Å². The Morgan fingerprint density at radius 1 is 0.486 bits per heavy atom. The molecule has 0 saturated heterocycles. The molecule has 0 atom stereocenters. The number of esters is 2. The van der Waals surface area contributed by atoms with Crippen LogP contribution in [0, 0.1) is 0 Å². The molecule has 4 aromatic carbocycles. The minimum Gasteiger partial charge on any atom is -0.497 e. The minimum absolute atomic E-state index is 0.363. The van der Waals surface area contributed by atoms with Crippen LogP contribution in [0.2, 0.25) is 0 Å². The first-order valence-electron chi connectivity index (χ1n) is 10.9. The molecule has 0 unspecified atom stereocenters. The lowest BCUT2D eigenvalue weighted by Crippen LogP contribution is -2.13. The average molecular weight is 469 g/mol. The fourth-order valence-corrected chi connectivity index (χ4v) is 3.47. The van der Waals surface area contributed by atoms with Gasteiger partial charge in [-0.2, -0.15) is 0 Å². The quantitative estimate of drug-likeness (QED) is 0.233. The zero-order valence-corrected chi connectivity index (χ0v) is 19.4. The summed E-state index contributed by atoms with van der Waals surface area (Å²) < 4.78 is 20.5. The van der Waals surface area contributed by atoms with E-state index in [-0.39, 0.29) is 0 Å². The Labute approximate surface area is 203 Å². The molecular formula is C29H24O6. The first-order chi connectivity index (χ1) is 17.1. The van der Waals surface area contributed by atoms with Crippen LogP contribution < -0.4 is 9.47 Å². The van der Waals surface area contributed by atoms with Crippen molar-refractivity contribution in [1.29, 1.82) is 0 Å². The molecule has 0 spiro atoms. The number of carbonyl (C=O) groups excluding carboxylic acids is 2. The summed E-state index contributed by atoms with van der Waals surface area (Å²) in [5.41, 5.74) is 4.63. The van der Waals surface area contributed by atoms with E-state index >= 15 is 0 Å². The second-order valence-corrected chi connectivity index (χ2v) is 7.59. The van der Waals surface area contributed by atoms with Crippen molar-refractivity contribution in [3.63, 3.8) is 0 Å². The van der Waals surface area contributed by atoms with Crippen LogP contribution >= 0.6 is 0 Å². The molecule has 0 amide bonds. The zero-order chi connectivity index (χ0) is 24.6. The lowest BCUT2D eigenvalue weighted by molar-refractivity contribution is -0.0167. The molecule has 4 rings (SSSR count). The van der Waals surface area contributed by atoms with Crippen LogP contribution in [0.4, 0.5) is 0 Å². The van der Waals surface area contributed by atoms with E-state index in [0.717, 1.165) is 33.8 Å². The highest BCUT2D eigenvalue weighted by molar-refractivity contribution is 5.91. The van der Waals surface area contributed by atoms with Crippen LogP contribution in [0.3, 0.4) is 0 Å². The van der Waals surface area contributed by atoms with E-state index < -0.39 is 18.7 Å². The fourth-order valence-electron chi connectivity index (χ4n) is 3.47. The average Bonchev–Trinajstić information content (AvgIpc) is 2.93. The Morgan fingerprint density at radius 3 is 1.06 bits per heavy atom. The predicted octanol–water partition coefficient (Wildman–Crippen LogP) is 6.01. The van der Waals surface area contributed by atoms with Gasteiger partial charge in [0.2, 0.25) is 6.79 Å². The van der Waals surface area contributed by atoms with Crippen molar-refractivity contribution in [1.82, 2.24) is 0 Å². The summed E-state index contributed by atoms with van der Waals surface area (Å²) in [7, 11) is 3.23. The second-order valence-electron chi connectivity index (χ2n) is 7.59. The molecular weight excluding hydrogens is 444 g/mol. The summed E-state index contributed by atoms with van der Waals surface area (Å²) in [5.74, 6) is 0.399. The van der Waals surface area contributed by atoms with Gasteiger partial charge in [0.25, 0.3) is 0 Å². The highest BCUT2D eigenvalue weighted by atomic mass is 16.7. The third-order valence-electron chi connectivity index (χ3n) is 5.47. The van der Waals surface area contributed by atoms with Crippen LogP contribution in [-0.2, 0) is 9.47 Å². The van der Waals surface area contributed by atoms with Gasteiger partial charge in [0, 0.05) is 0 Å². The summed E-state index contributed by atoms with van der Waals surface area (Å²) in [6, 6.07) is 29.2. The molecule has 176 valence electrons. The number of rotatable bonds is 8. The summed E-state index contributed by atoms with van der Waals surface area (Å²) >= 11 is 0. The van der Waals surface area contributed by atoms with Crippen molar-refractivity contribution in [3.8, 4) is 33.8 Å². The van der Waals surface area contributed by atoms with Crippen molar-refractivity contribution in [2.45, 2.75) is 0 Å². The third kappa shape index (κ3) is 5.86. The maximum atomic E-state index is 12.3. The summed E-state index contributed by atoms with van der Waals surface area (Å²) in [5, 5.41) is 0. The van der Waals surface area contributed by atoms with E-state index in [1.165, 1.54) is 0 Å². The van der Waals surface area contributed by atoms with E-state index in [9.17, 15) is 9.59 Å². The molecule has 0 aliphatic heterocycles. The number of carbonyl (C=O) groups is 2. The Balaban J connectivity index is 1.28. The van der Waals surface area contributed by atoms with Crippen molar-refractivity contribution in [3.05, 3.63) is 108 Å². The van der Waals surface area contributed by atoms with E-state index in [2.05, 4.69) is 0 Å². The standard InChI is InChI=1S/C29H24O6/c1-32-26-15-11-22(12-16-26)20-3-7-24(8-4-20)28(30)34-19-35-29(31)25-9-5-21(6-10-25)23-13-17-27(33-2)18-14-23/h3-18H,19H2,1-2H3. The van der Waals surface area contributed by atoms with Gasteiger partial charge >= 0.3 is 11.9 Å². The number of ether oxygens (including phenoxy) is 4. The Kier molecular flexibility index (Phi) is 7.43. The number of benzene rings is 4. The van der Waals surface area contributed by atoms with Crippen molar-refractivity contribution < 1.29 is 28.5 Å². The molecule has 4 aromatic rings. The fraction of sp³-hybridized carbons (Fsp3) is 0.103.